The fraction of sp³-hybridized carbons (Fsp3) is 0. The summed E-state index contributed by atoms with van der Waals surface area (Å²) in [5.74, 6) is 0. The number of benzene rings is 1. The van der Waals surface area contributed by atoms with Crippen LogP contribution in [0.4, 0.5) is 11.4 Å². The zero-order valence-electron chi connectivity index (χ0n) is 9.81. The Bertz CT molecular complexity index is 785. The molecule has 2 heterocycles. The van der Waals surface area contributed by atoms with Crippen LogP contribution in [0.25, 0.3) is 10.9 Å². The highest BCUT2D eigenvalue weighted by Crippen LogP contribution is 2.29. The first-order valence-corrected chi connectivity index (χ1v) is 6.74. The number of fused-ring (bicyclic) bond motifs is 1. The zero-order valence-corrected chi connectivity index (χ0v) is 12.0. The van der Waals surface area contributed by atoms with E-state index in [2.05, 4.69) is 43.9 Å². The van der Waals surface area contributed by atoms with Gasteiger partial charge >= 0.3 is 0 Å². The number of aromatic amines is 1. The molecule has 5 heteroatoms. The molecule has 0 saturated carbocycles. The van der Waals surface area contributed by atoms with E-state index in [0.29, 0.717) is 5.56 Å². The Morgan fingerprint density at radius 3 is 3.00 bits per heavy atom. The lowest BCUT2D eigenvalue weighted by atomic mass is 10.2. The lowest BCUT2D eigenvalue weighted by Crippen LogP contribution is -1.97. The fourth-order valence-electron chi connectivity index (χ4n) is 1.98. The minimum Gasteiger partial charge on any atom is -0.361 e. The second-order valence-corrected chi connectivity index (χ2v) is 5.19. The average Bonchev–Trinajstić information content (AvgIpc) is 2.90. The molecule has 0 saturated heterocycles. The minimum absolute atomic E-state index is 0.541. The van der Waals surface area contributed by atoms with Gasteiger partial charge in [-0.15, -0.1) is 0 Å². The average molecular weight is 360 g/mol. The molecule has 0 aliphatic heterocycles. The Morgan fingerprint density at radius 2 is 2.16 bits per heavy atom. The Morgan fingerprint density at radius 1 is 1.26 bits per heavy atom. The van der Waals surface area contributed by atoms with Crippen LogP contribution in [0.1, 0.15) is 5.56 Å². The maximum absolute atomic E-state index is 9.15. The van der Waals surface area contributed by atoms with Gasteiger partial charge in [0.25, 0.3) is 0 Å². The summed E-state index contributed by atoms with van der Waals surface area (Å²) in [6, 6.07) is 10.2. The molecule has 0 aliphatic carbocycles. The fourth-order valence-corrected chi connectivity index (χ4v) is 2.56. The van der Waals surface area contributed by atoms with Gasteiger partial charge in [-0.25, -0.2) is 0 Å². The van der Waals surface area contributed by atoms with E-state index in [9.17, 15) is 0 Å². The standard InChI is InChI=1S/C14H9IN4/c15-11-8-17-7-9(6-16)14(11)19-13-3-1-2-12-10(13)4-5-18-12/h1-5,7-8,18H,(H,17,19). The van der Waals surface area contributed by atoms with Crippen LogP contribution in [-0.2, 0) is 0 Å². The summed E-state index contributed by atoms with van der Waals surface area (Å²) in [4.78, 5) is 7.20. The van der Waals surface area contributed by atoms with Crippen LogP contribution >= 0.6 is 22.6 Å². The number of nitrogens with one attached hydrogen (secondary N) is 2. The van der Waals surface area contributed by atoms with Crippen molar-refractivity contribution in [3.63, 3.8) is 0 Å². The van der Waals surface area contributed by atoms with Crippen molar-refractivity contribution in [2.24, 2.45) is 0 Å². The predicted molar refractivity (Wildman–Crippen MR) is 83.3 cm³/mol. The van der Waals surface area contributed by atoms with E-state index < -0.39 is 0 Å². The third kappa shape index (κ3) is 2.15. The van der Waals surface area contributed by atoms with Gasteiger partial charge in [0, 0.05) is 35.2 Å². The summed E-state index contributed by atoms with van der Waals surface area (Å²) >= 11 is 2.17. The lowest BCUT2D eigenvalue weighted by Gasteiger charge is -2.10. The number of pyridine rings is 1. The molecule has 19 heavy (non-hydrogen) atoms. The number of halogens is 1. The van der Waals surface area contributed by atoms with Gasteiger partial charge in [0.1, 0.15) is 6.07 Å². The van der Waals surface area contributed by atoms with Crippen molar-refractivity contribution in [2.75, 3.05) is 5.32 Å². The van der Waals surface area contributed by atoms with Gasteiger partial charge in [-0.3, -0.25) is 4.98 Å². The maximum atomic E-state index is 9.15. The summed E-state index contributed by atoms with van der Waals surface area (Å²) in [7, 11) is 0. The maximum Gasteiger partial charge on any atom is 0.103 e. The third-order valence-corrected chi connectivity index (χ3v) is 3.69. The SMILES string of the molecule is N#Cc1cncc(I)c1Nc1cccc2[nH]ccc12. The molecule has 4 nitrogen and oxygen atoms in total. The monoisotopic (exact) mass is 360 g/mol. The van der Waals surface area contributed by atoms with Gasteiger partial charge in [0.05, 0.1) is 14.8 Å². The molecule has 1 aromatic carbocycles. The van der Waals surface area contributed by atoms with Gasteiger partial charge in [0.15, 0.2) is 0 Å². The van der Waals surface area contributed by atoms with Crippen LogP contribution < -0.4 is 5.32 Å². The lowest BCUT2D eigenvalue weighted by molar-refractivity contribution is 1.28. The Hall–Kier alpha value is -2.07. The molecule has 2 aromatic heterocycles. The van der Waals surface area contributed by atoms with E-state index in [1.807, 2.05) is 30.5 Å². The number of aromatic nitrogens is 2. The molecular weight excluding hydrogens is 351 g/mol. The highest BCUT2D eigenvalue weighted by Gasteiger charge is 2.09. The van der Waals surface area contributed by atoms with E-state index in [1.165, 1.54) is 0 Å². The van der Waals surface area contributed by atoms with Gasteiger partial charge in [-0.2, -0.15) is 5.26 Å². The Labute approximate surface area is 123 Å². The molecule has 0 atom stereocenters. The number of rotatable bonds is 2. The van der Waals surface area contributed by atoms with Crippen LogP contribution in [0, 0.1) is 14.9 Å². The molecule has 0 aliphatic rings. The molecule has 3 aromatic rings. The van der Waals surface area contributed by atoms with E-state index in [0.717, 1.165) is 25.8 Å². The van der Waals surface area contributed by atoms with Crippen molar-refractivity contribution in [1.29, 1.82) is 5.26 Å². The van der Waals surface area contributed by atoms with Gasteiger partial charge in [0.2, 0.25) is 0 Å². The molecule has 0 spiro atoms. The molecule has 92 valence electrons. The molecule has 0 unspecified atom stereocenters. The minimum atomic E-state index is 0.541. The third-order valence-electron chi connectivity index (χ3n) is 2.87. The summed E-state index contributed by atoms with van der Waals surface area (Å²) < 4.78 is 0.921. The van der Waals surface area contributed by atoms with Gasteiger partial charge in [-0.1, -0.05) is 6.07 Å². The molecule has 0 fully saturated rings. The van der Waals surface area contributed by atoms with Crippen LogP contribution in [0.2, 0.25) is 0 Å². The molecule has 2 N–H and O–H groups in total. The summed E-state index contributed by atoms with van der Waals surface area (Å²) in [5.41, 5.74) is 3.37. The normalized spacial score (nSPS) is 10.3. The van der Waals surface area contributed by atoms with Crippen LogP contribution in [0.3, 0.4) is 0 Å². The van der Waals surface area contributed by atoms with Crippen LogP contribution in [0.15, 0.2) is 42.9 Å². The second-order valence-electron chi connectivity index (χ2n) is 4.03. The van der Waals surface area contributed by atoms with Gasteiger partial charge < -0.3 is 10.3 Å². The first kappa shape index (κ1) is 12.0. The molecular formula is C14H9IN4. The molecule has 0 amide bonds. The van der Waals surface area contributed by atoms with Crippen LogP contribution in [0.5, 0.6) is 0 Å². The van der Waals surface area contributed by atoms with Gasteiger partial charge in [-0.05, 0) is 40.8 Å². The Balaban J connectivity index is 2.12. The summed E-state index contributed by atoms with van der Waals surface area (Å²) in [6.45, 7) is 0. The van der Waals surface area contributed by atoms with Crippen LogP contribution in [-0.4, -0.2) is 9.97 Å². The van der Waals surface area contributed by atoms with Crippen molar-refractivity contribution < 1.29 is 0 Å². The van der Waals surface area contributed by atoms with Crippen molar-refractivity contribution in [3.8, 4) is 6.07 Å². The predicted octanol–water partition coefficient (Wildman–Crippen LogP) is 3.78. The summed E-state index contributed by atoms with van der Waals surface area (Å²) in [5, 5.41) is 13.6. The second kappa shape index (κ2) is 4.90. The van der Waals surface area contributed by atoms with E-state index in [1.54, 1.807) is 12.4 Å². The first-order chi connectivity index (χ1) is 9.29. The largest absolute Gasteiger partial charge is 0.361 e. The summed E-state index contributed by atoms with van der Waals surface area (Å²) in [6.07, 6.45) is 5.21. The van der Waals surface area contributed by atoms with Crippen molar-refractivity contribution in [1.82, 2.24) is 9.97 Å². The number of hydrogen-bond donors (Lipinski definition) is 2. The highest BCUT2D eigenvalue weighted by atomic mass is 127. The van der Waals surface area contributed by atoms with Crippen molar-refractivity contribution >= 4 is 44.9 Å². The number of H-pyrrole nitrogens is 1. The molecule has 0 bridgehead atoms. The van der Waals surface area contributed by atoms with E-state index >= 15 is 0 Å². The van der Waals surface area contributed by atoms with Crippen molar-refractivity contribution in [2.45, 2.75) is 0 Å². The van der Waals surface area contributed by atoms with E-state index in [-0.39, 0.29) is 0 Å². The number of hydrogen-bond acceptors (Lipinski definition) is 3. The Kier molecular flexibility index (Phi) is 3.09. The van der Waals surface area contributed by atoms with E-state index in [4.69, 9.17) is 5.26 Å². The first-order valence-electron chi connectivity index (χ1n) is 5.66. The topological polar surface area (TPSA) is 64.5 Å². The quantitative estimate of drug-likeness (QED) is 0.684. The number of anilines is 2. The molecule has 3 rings (SSSR count). The number of nitrogens with zero attached hydrogens (tertiary/aromatic N) is 2. The highest BCUT2D eigenvalue weighted by molar-refractivity contribution is 14.1. The smallest absolute Gasteiger partial charge is 0.103 e. The van der Waals surface area contributed by atoms with Crippen molar-refractivity contribution in [3.05, 3.63) is 52.0 Å². The number of nitriles is 1. The molecule has 0 radical (unpaired) electrons. The zero-order chi connectivity index (χ0) is 13.2.